The van der Waals surface area contributed by atoms with Crippen LogP contribution in [-0.2, 0) is 27.8 Å². The van der Waals surface area contributed by atoms with Gasteiger partial charge in [-0.2, -0.15) is 4.31 Å². The molecule has 3 aromatic carbocycles. The second kappa shape index (κ2) is 17.1. The second-order valence-electron chi connectivity index (χ2n) is 14.0. The Morgan fingerprint density at radius 1 is 0.962 bits per heavy atom. The molecule has 0 aliphatic carbocycles. The van der Waals surface area contributed by atoms with E-state index in [1.807, 2.05) is 88.4 Å². The minimum atomic E-state index is -4.06. The number of aliphatic hydroxyl groups excluding tert-OH is 1. The van der Waals surface area contributed by atoms with E-state index in [2.05, 4.69) is 15.5 Å². The van der Waals surface area contributed by atoms with Crippen molar-refractivity contribution in [2.24, 2.45) is 17.0 Å². The van der Waals surface area contributed by atoms with E-state index in [0.29, 0.717) is 25.2 Å². The molecule has 2 heterocycles. The van der Waals surface area contributed by atoms with Crippen LogP contribution in [0, 0.1) is 11.8 Å². The Balaban J connectivity index is 1.37. The van der Waals surface area contributed by atoms with Crippen LogP contribution in [0.25, 0.3) is 10.9 Å². The Morgan fingerprint density at radius 3 is 2.33 bits per heavy atom. The first-order valence-corrected chi connectivity index (χ1v) is 19.0. The lowest BCUT2D eigenvalue weighted by Gasteiger charge is -2.34. The van der Waals surface area contributed by atoms with E-state index in [4.69, 9.17) is 5.21 Å². The maximum Gasteiger partial charge on any atom is 0.321 e. The Bertz CT molecular complexity index is 1950. The highest BCUT2D eigenvalue weighted by Crippen LogP contribution is 2.25. The van der Waals surface area contributed by atoms with Gasteiger partial charge in [0.1, 0.15) is 6.04 Å². The van der Waals surface area contributed by atoms with Gasteiger partial charge in [-0.15, -0.1) is 0 Å². The van der Waals surface area contributed by atoms with Gasteiger partial charge < -0.3 is 25.4 Å². The van der Waals surface area contributed by atoms with Gasteiger partial charge in [0.25, 0.3) is 0 Å². The minimum absolute atomic E-state index is 0.0239. The molecule has 13 heteroatoms. The van der Waals surface area contributed by atoms with Gasteiger partial charge >= 0.3 is 6.03 Å². The molecule has 3 amide bonds. The van der Waals surface area contributed by atoms with Crippen molar-refractivity contribution < 1.29 is 28.3 Å². The van der Waals surface area contributed by atoms with Crippen molar-refractivity contribution in [3.63, 3.8) is 0 Å². The number of aliphatic hydroxyl groups is 1. The van der Waals surface area contributed by atoms with Crippen LogP contribution >= 0.6 is 0 Å². The molecule has 1 fully saturated rings. The molecule has 5 rings (SSSR count). The van der Waals surface area contributed by atoms with Crippen molar-refractivity contribution >= 4 is 39.1 Å². The van der Waals surface area contributed by atoms with Gasteiger partial charge in [-0.1, -0.05) is 93.5 Å². The predicted octanol–water partition coefficient (Wildman–Crippen LogP) is 4.74. The van der Waals surface area contributed by atoms with Gasteiger partial charge in [-0.3, -0.25) is 9.78 Å². The molecule has 1 aliphatic rings. The number of oxime groups is 1. The van der Waals surface area contributed by atoms with Gasteiger partial charge in [-0.25, -0.2) is 13.2 Å². The number of hydrogen-bond donors (Lipinski definition) is 3. The summed E-state index contributed by atoms with van der Waals surface area (Å²) in [5, 5.41) is 27.6. The first kappa shape index (κ1) is 38.4. The molecule has 1 unspecified atom stereocenters. The molecule has 0 saturated carbocycles. The molecule has 1 aliphatic heterocycles. The summed E-state index contributed by atoms with van der Waals surface area (Å²) in [7, 11) is -4.06. The summed E-state index contributed by atoms with van der Waals surface area (Å²) >= 11 is 0. The number of benzene rings is 3. The topological polar surface area (TPSA) is 156 Å². The molecule has 52 heavy (non-hydrogen) atoms. The molecule has 3 N–H and O–H groups in total. The van der Waals surface area contributed by atoms with Crippen LogP contribution in [0.1, 0.15) is 44.4 Å². The van der Waals surface area contributed by atoms with Gasteiger partial charge in [0, 0.05) is 44.3 Å². The Hall–Kier alpha value is -4.85. The van der Waals surface area contributed by atoms with Crippen LogP contribution < -0.4 is 5.32 Å². The van der Waals surface area contributed by atoms with Gasteiger partial charge in [0.2, 0.25) is 15.9 Å². The number of hydrogen-bond acceptors (Lipinski definition) is 8. The van der Waals surface area contributed by atoms with Crippen molar-refractivity contribution in [1.29, 1.82) is 0 Å². The van der Waals surface area contributed by atoms with Crippen LogP contribution in [0.15, 0.2) is 101 Å². The molecule has 0 radical (unpaired) electrons. The molecule has 1 saturated heterocycles. The SMILES string of the molecule is CC(C)CN(C[C@@H](O)[C@H](Cc1ccccc1)NC(=O)C(C(C)C)N1CCN(Cc2ccnc3ccccc23)C1=O)S(=O)(=O)c1ccc(/C=N/O)cc1. The van der Waals surface area contributed by atoms with Crippen LogP contribution in [0.3, 0.4) is 0 Å². The fourth-order valence-electron chi connectivity index (χ4n) is 6.68. The quantitative estimate of drug-likeness (QED) is 0.0855. The normalized spacial score (nSPS) is 15.7. The third-order valence-corrected chi connectivity index (χ3v) is 11.1. The molecule has 0 spiro atoms. The maximum atomic E-state index is 14.2. The summed E-state index contributed by atoms with van der Waals surface area (Å²) in [6, 6.07) is 23.0. The minimum Gasteiger partial charge on any atom is -0.411 e. The first-order chi connectivity index (χ1) is 24.9. The average Bonchev–Trinajstić information content (AvgIpc) is 3.46. The van der Waals surface area contributed by atoms with E-state index in [1.54, 1.807) is 16.0 Å². The number of fused-ring (bicyclic) bond motifs is 1. The summed E-state index contributed by atoms with van der Waals surface area (Å²) in [5.41, 5.74) is 3.18. The summed E-state index contributed by atoms with van der Waals surface area (Å²) in [5.74, 6) is -0.736. The van der Waals surface area contributed by atoms with Crippen LogP contribution in [0.2, 0.25) is 0 Å². The number of nitrogens with one attached hydrogen (secondary N) is 1. The van der Waals surface area contributed by atoms with E-state index < -0.39 is 34.1 Å². The molecular weight excluding hydrogens is 681 g/mol. The van der Waals surface area contributed by atoms with Crippen molar-refractivity contribution in [2.75, 3.05) is 26.2 Å². The molecule has 0 bridgehead atoms. The van der Waals surface area contributed by atoms with Gasteiger partial charge in [0.05, 0.1) is 28.8 Å². The number of aromatic nitrogens is 1. The number of carbonyl (C=O) groups excluding carboxylic acids is 2. The third kappa shape index (κ3) is 9.14. The lowest BCUT2D eigenvalue weighted by molar-refractivity contribution is -0.128. The van der Waals surface area contributed by atoms with Crippen molar-refractivity contribution in [3.05, 3.63) is 108 Å². The second-order valence-corrected chi connectivity index (χ2v) is 15.9. The average molecular weight is 729 g/mol. The van der Waals surface area contributed by atoms with E-state index >= 15 is 0 Å². The highest BCUT2D eigenvalue weighted by atomic mass is 32.2. The zero-order chi connectivity index (χ0) is 37.4. The zero-order valence-electron chi connectivity index (χ0n) is 30.0. The Labute approximate surface area is 305 Å². The van der Waals surface area contributed by atoms with Crippen LogP contribution in [0.4, 0.5) is 4.79 Å². The number of urea groups is 1. The molecule has 4 aromatic rings. The van der Waals surface area contributed by atoms with Crippen molar-refractivity contribution in [2.45, 2.75) is 63.7 Å². The highest BCUT2D eigenvalue weighted by Gasteiger charge is 2.40. The Kier molecular flexibility index (Phi) is 12.6. The number of pyridine rings is 1. The monoisotopic (exact) mass is 728 g/mol. The van der Waals surface area contributed by atoms with E-state index in [1.165, 1.54) is 34.8 Å². The fraction of sp³-hybridized carbons (Fsp3) is 0.385. The maximum absolute atomic E-state index is 14.2. The third-order valence-electron chi connectivity index (χ3n) is 9.24. The number of amides is 3. The first-order valence-electron chi connectivity index (χ1n) is 17.6. The smallest absolute Gasteiger partial charge is 0.321 e. The molecule has 3 atom stereocenters. The molecule has 1 aromatic heterocycles. The van der Waals surface area contributed by atoms with Crippen molar-refractivity contribution in [1.82, 2.24) is 24.4 Å². The Morgan fingerprint density at radius 2 is 1.65 bits per heavy atom. The number of carbonyl (C=O) groups is 2. The highest BCUT2D eigenvalue weighted by molar-refractivity contribution is 7.89. The largest absolute Gasteiger partial charge is 0.411 e. The number of rotatable bonds is 16. The zero-order valence-corrected chi connectivity index (χ0v) is 30.9. The molecule has 276 valence electrons. The van der Waals surface area contributed by atoms with E-state index in [9.17, 15) is 23.1 Å². The lowest BCUT2D eigenvalue weighted by atomic mass is 9.97. The van der Waals surface area contributed by atoms with Crippen LogP contribution in [0.5, 0.6) is 0 Å². The fourth-order valence-corrected chi connectivity index (χ4v) is 8.31. The summed E-state index contributed by atoms with van der Waals surface area (Å²) < 4.78 is 29.1. The number of nitrogens with zero attached hydrogens (tertiary/aromatic N) is 5. The lowest BCUT2D eigenvalue weighted by Crippen LogP contribution is -2.57. The molecular formula is C39H48N6O6S. The van der Waals surface area contributed by atoms with Gasteiger partial charge in [0.15, 0.2) is 0 Å². The number of sulfonamides is 1. The van der Waals surface area contributed by atoms with Crippen LogP contribution in [-0.4, -0.2) is 100 Å². The summed E-state index contributed by atoms with van der Waals surface area (Å²) in [6.07, 6.45) is 1.87. The van der Waals surface area contributed by atoms with Crippen molar-refractivity contribution in [3.8, 4) is 0 Å². The van der Waals surface area contributed by atoms with Gasteiger partial charge in [-0.05, 0) is 59.2 Å². The van der Waals surface area contributed by atoms with E-state index in [0.717, 1.165) is 22.0 Å². The molecule has 12 nitrogen and oxygen atoms in total. The standard InChI is InChI=1S/C39H48N6O6S/c1-27(2)24-44(52(50,51)32-16-14-30(15-17-32)23-41-49)26-36(46)35(22-29-10-6-5-7-11-29)42-38(47)37(28(3)4)45-21-20-43(39(45)48)25-31-18-19-40-34-13-9-8-12-33(31)34/h5-19,23,27-28,35-37,46,49H,20-22,24-26H2,1-4H3,(H,42,47)/b41-23+/t35-,36+,37?/m0/s1. The summed E-state index contributed by atoms with van der Waals surface area (Å²) in [4.78, 5) is 35.9. The predicted molar refractivity (Wildman–Crippen MR) is 200 cm³/mol. The summed E-state index contributed by atoms with van der Waals surface area (Å²) in [6.45, 7) is 8.57. The van der Waals surface area contributed by atoms with E-state index in [-0.39, 0.29) is 42.3 Å². The number of para-hydroxylation sites is 1.